The van der Waals surface area contributed by atoms with Gasteiger partial charge >= 0.3 is 0 Å². The summed E-state index contributed by atoms with van der Waals surface area (Å²) in [6, 6.07) is 7.55. The molecule has 1 amide bonds. The number of hydrogen-bond donors (Lipinski definition) is 1. The molecule has 0 aliphatic heterocycles. The molecule has 1 aromatic carbocycles. The summed E-state index contributed by atoms with van der Waals surface area (Å²) in [5.41, 5.74) is 0.109. The topological polar surface area (TPSA) is 56.1 Å². The number of carbonyl (C=O) groups excluding carboxylic acids is 1. The van der Waals surface area contributed by atoms with Crippen LogP contribution >= 0.6 is 23.2 Å². The Labute approximate surface area is 142 Å². The van der Waals surface area contributed by atoms with Gasteiger partial charge < -0.3 is 5.32 Å². The summed E-state index contributed by atoms with van der Waals surface area (Å²) >= 11 is 11.9. The Morgan fingerprint density at radius 1 is 1.41 bits per heavy atom. The van der Waals surface area contributed by atoms with Crippen molar-refractivity contribution in [1.29, 1.82) is 5.26 Å². The summed E-state index contributed by atoms with van der Waals surface area (Å²) in [5, 5.41) is 13.0. The molecule has 6 heteroatoms. The van der Waals surface area contributed by atoms with Crippen molar-refractivity contribution in [3.05, 3.63) is 33.8 Å². The largest absolute Gasteiger partial charge is 0.337 e. The lowest BCUT2D eigenvalue weighted by Gasteiger charge is -2.28. The molecule has 0 heterocycles. The van der Waals surface area contributed by atoms with Crippen LogP contribution in [0.5, 0.6) is 0 Å². The van der Waals surface area contributed by atoms with Gasteiger partial charge in [0.1, 0.15) is 5.54 Å². The van der Waals surface area contributed by atoms with Crippen LogP contribution in [0.25, 0.3) is 0 Å². The van der Waals surface area contributed by atoms with E-state index in [0.29, 0.717) is 16.6 Å². The summed E-state index contributed by atoms with van der Waals surface area (Å²) in [6.45, 7) is 6.31. The molecule has 1 aromatic rings. The average Bonchev–Trinajstić information content (AvgIpc) is 2.42. The second-order valence-corrected chi connectivity index (χ2v) is 6.75. The normalized spacial score (nSPS) is 13.8. The Bertz CT molecular complexity index is 583. The first-order valence-corrected chi connectivity index (χ1v) is 7.78. The third kappa shape index (κ3) is 5.17. The van der Waals surface area contributed by atoms with Crippen LogP contribution in [-0.2, 0) is 11.3 Å². The molecule has 0 fully saturated rings. The molecular formula is C16H21Cl2N3O. The summed E-state index contributed by atoms with van der Waals surface area (Å²) in [4.78, 5) is 13.9. The van der Waals surface area contributed by atoms with Gasteiger partial charge in [-0.2, -0.15) is 5.26 Å². The highest BCUT2D eigenvalue weighted by atomic mass is 35.5. The Hall–Kier alpha value is -1.28. The van der Waals surface area contributed by atoms with E-state index in [-0.39, 0.29) is 18.4 Å². The highest BCUT2D eigenvalue weighted by molar-refractivity contribution is 6.42. The number of hydrogen-bond acceptors (Lipinski definition) is 3. The maximum Gasteiger partial charge on any atom is 0.235 e. The summed E-state index contributed by atoms with van der Waals surface area (Å²) in [7, 11) is 1.83. The predicted octanol–water partition coefficient (Wildman–Crippen LogP) is 3.48. The van der Waals surface area contributed by atoms with E-state index in [1.54, 1.807) is 19.1 Å². The van der Waals surface area contributed by atoms with E-state index >= 15 is 0 Å². The van der Waals surface area contributed by atoms with Gasteiger partial charge in [-0.3, -0.25) is 9.69 Å². The van der Waals surface area contributed by atoms with Crippen molar-refractivity contribution in [2.45, 2.75) is 32.9 Å². The van der Waals surface area contributed by atoms with E-state index in [2.05, 4.69) is 11.4 Å². The van der Waals surface area contributed by atoms with Crippen molar-refractivity contribution in [3.8, 4) is 6.07 Å². The van der Waals surface area contributed by atoms with Crippen LogP contribution in [0.15, 0.2) is 18.2 Å². The number of amides is 1. The minimum absolute atomic E-state index is 0.0295. The number of benzene rings is 1. The van der Waals surface area contributed by atoms with Crippen LogP contribution in [0.3, 0.4) is 0 Å². The molecule has 0 saturated carbocycles. The Morgan fingerprint density at radius 2 is 2.05 bits per heavy atom. The number of nitrogens with zero attached hydrogens (tertiary/aromatic N) is 2. The molecule has 0 spiro atoms. The maximum absolute atomic E-state index is 12.1. The molecule has 0 bridgehead atoms. The quantitative estimate of drug-likeness (QED) is 0.861. The van der Waals surface area contributed by atoms with Gasteiger partial charge in [0.2, 0.25) is 5.91 Å². The van der Waals surface area contributed by atoms with E-state index in [4.69, 9.17) is 23.2 Å². The minimum Gasteiger partial charge on any atom is -0.337 e. The lowest BCUT2D eigenvalue weighted by atomic mass is 9.90. The molecule has 1 atom stereocenters. The second-order valence-electron chi connectivity index (χ2n) is 5.94. The first-order valence-electron chi connectivity index (χ1n) is 7.02. The molecule has 0 aromatic heterocycles. The molecule has 0 radical (unpaired) electrons. The third-order valence-electron chi connectivity index (χ3n) is 3.64. The van der Waals surface area contributed by atoms with Crippen molar-refractivity contribution in [2.24, 2.45) is 5.92 Å². The van der Waals surface area contributed by atoms with Gasteiger partial charge in [0, 0.05) is 6.54 Å². The van der Waals surface area contributed by atoms with E-state index in [1.165, 1.54) is 0 Å². The second kappa shape index (κ2) is 7.82. The fourth-order valence-corrected chi connectivity index (χ4v) is 2.20. The lowest BCUT2D eigenvalue weighted by Crippen LogP contribution is -2.51. The number of nitrogens with one attached hydrogen (secondary N) is 1. The molecule has 0 aliphatic carbocycles. The standard InChI is InChI=1S/C16H21Cl2N3O/c1-11(2)16(3,10-19)20-15(22)9-21(4)8-12-5-6-13(17)14(18)7-12/h5-7,11H,8-9H2,1-4H3,(H,20,22)/t16-/m1/s1. The van der Waals surface area contributed by atoms with Crippen LogP contribution in [0.1, 0.15) is 26.3 Å². The van der Waals surface area contributed by atoms with Crippen LogP contribution in [0.4, 0.5) is 0 Å². The molecule has 120 valence electrons. The molecule has 1 rings (SSSR count). The number of halogens is 2. The molecule has 0 unspecified atom stereocenters. The zero-order valence-electron chi connectivity index (χ0n) is 13.3. The van der Waals surface area contributed by atoms with E-state index in [0.717, 1.165) is 5.56 Å². The van der Waals surface area contributed by atoms with Crippen molar-refractivity contribution in [2.75, 3.05) is 13.6 Å². The van der Waals surface area contributed by atoms with Crippen molar-refractivity contribution < 1.29 is 4.79 Å². The molecule has 0 saturated heterocycles. The Balaban J connectivity index is 2.61. The zero-order chi connectivity index (χ0) is 16.9. The van der Waals surface area contributed by atoms with Gasteiger partial charge in [-0.25, -0.2) is 0 Å². The smallest absolute Gasteiger partial charge is 0.235 e. The zero-order valence-corrected chi connectivity index (χ0v) is 14.8. The average molecular weight is 342 g/mol. The van der Waals surface area contributed by atoms with Gasteiger partial charge in [-0.15, -0.1) is 0 Å². The number of likely N-dealkylation sites (N-methyl/N-ethyl adjacent to an activating group) is 1. The van der Waals surface area contributed by atoms with Crippen LogP contribution in [0, 0.1) is 17.2 Å². The molecule has 4 nitrogen and oxygen atoms in total. The highest BCUT2D eigenvalue weighted by Gasteiger charge is 2.30. The van der Waals surface area contributed by atoms with Crippen molar-refractivity contribution in [1.82, 2.24) is 10.2 Å². The van der Waals surface area contributed by atoms with Crippen LogP contribution < -0.4 is 5.32 Å². The summed E-state index contributed by atoms with van der Waals surface area (Å²) < 4.78 is 0. The number of nitriles is 1. The number of carbonyl (C=O) groups is 1. The summed E-state index contributed by atoms with van der Waals surface area (Å²) in [5.74, 6) is -0.151. The summed E-state index contributed by atoms with van der Waals surface area (Å²) in [6.07, 6.45) is 0. The first kappa shape index (κ1) is 18.8. The van der Waals surface area contributed by atoms with Crippen LogP contribution in [0.2, 0.25) is 10.0 Å². The monoisotopic (exact) mass is 341 g/mol. The predicted molar refractivity (Wildman–Crippen MR) is 89.8 cm³/mol. The van der Waals surface area contributed by atoms with Gasteiger partial charge in [-0.1, -0.05) is 43.1 Å². The lowest BCUT2D eigenvalue weighted by molar-refractivity contribution is -0.123. The van der Waals surface area contributed by atoms with Crippen LogP contribution in [-0.4, -0.2) is 29.9 Å². The first-order chi connectivity index (χ1) is 10.2. The van der Waals surface area contributed by atoms with E-state index < -0.39 is 5.54 Å². The fourth-order valence-electron chi connectivity index (χ4n) is 1.88. The molecule has 22 heavy (non-hydrogen) atoms. The molecule has 1 N–H and O–H groups in total. The van der Waals surface area contributed by atoms with Gasteiger partial charge in [-0.05, 0) is 37.6 Å². The third-order valence-corrected chi connectivity index (χ3v) is 4.38. The van der Waals surface area contributed by atoms with E-state index in [9.17, 15) is 10.1 Å². The molecular weight excluding hydrogens is 321 g/mol. The highest BCUT2D eigenvalue weighted by Crippen LogP contribution is 2.23. The van der Waals surface area contributed by atoms with Gasteiger partial charge in [0.05, 0.1) is 22.7 Å². The molecule has 0 aliphatic rings. The van der Waals surface area contributed by atoms with Gasteiger partial charge in [0.25, 0.3) is 0 Å². The Kier molecular flexibility index (Phi) is 6.67. The van der Waals surface area contributed by atoms with Gasteiger partial charge in [0.15, 0.2) is 0 Å². The number of rotatable bonds is 6. The van der Waals surface area contributed by atoms with E-state index in [1.807, 2.05) is 31.9 Å². The SMILES string of the molecule is CC(C)[C@@](C)(C#N)NC(=O)CN(C)Cc1ccc(Cl)c(Cl)c1. The van der Waals surface area contributed by atoms with Crippen molar-refractivity contribution >= 4 is 29.1 Å². The Morgan fingerprint density at radius 3 is 2.55 bits per heavy atom. The maximum atomic E-state index is 12.1. The minimum atomic E-state index is -0.860. The fraction of sp³-hybridized carbons (Fsp3) is 0.500. The van der Waals surface area contributed by atoms with Crippen molar-refractivity contribution in [3.63, 3.8) is 0 Å².